The zero-order chi connectivity index (χ0) is 14.3. The minimum absolute atomic E-state index is 0.0936. The second-order valence-electron chi connectivity index (χ2n) is 5.02. The molecule has 0 aliphatic heterocycles. The first kappa shape index (κ1) is 15.7. The Kier molecular flexibility index (Phi) is 6.56. The summed E-state index contributed by atoms with van der Waals surface area (Å²) < 4.78 is 5.03. The molecule has 1 aromatic heterocycles. The Morgan fingerprint density at radius 1 is 1.53 bits per heavy atom. The standard InChI is InChI=1S/C14H25N3O2/c1-5-7-8-17(4)10-11(3)15-14(18)13-9-12(6-2)19-16-13/h9,11H,5-8,10H2,1-4H3,(H,15,18). The predicted octanol–water partition coefficient (Wildman–Crippen LogP) is 2.09. The van der Waals surface area contributed by atoms with Gasteiger partial charge in [0.1, 0.15) is 5.76 Å². The minimum Gasteiger partial charge on any atom is -0.361 e. The van der Waals surface area contributed by atoms with Crippen LogP contribution in [-0.2, 0) is 6.42 Å². The van der Waals surface area contributed by atoms with Gasteiger partial charge >= 0.3 is 0 Å². The summed E-state index contributed by atoms with van der Waals surface area (Å²) in [7, 11) is 2.07. The van der Waals surface area contributed by atoms with Crippen LogP contribution >= 0.6 is 0 Å². The number of nitrogens with zero attached hydrogens (tertiary/aromatic N) is 2. The third kappa shape index (κ3) is 5.42. The first-order chi connectivity index (χ1) is 9.06. The van der Waals surface area contributed by atoms with Crippen molar-refractivity contribution in [1.82, 2.24) is 15.4 Å². The van der Waals surface area contributed by atoms with Crippen molar-refractivity contribution in [2.75, 3.05) is 20.1 Å². The molecule has 0 saturated heterocycles. The monoisotopic (exact) mass is 267 g/mol. The number of unbranched alkanes of at least 4 members (excludes halogenated alkanes) is 1. The number of likely N-dealkylation sites (N-methyl/N-ethyl adjacent to an activating group) is 1. The highest BCUT2D eigenvalue weighted by Gasteiger charge is 2.15. The fourth-order valence-corrected chi connectivity index (χ4v) is 1.92. The molecule has 108 valence electrons. The summed E-state index contributed by atoms with van der Waals surface area (Å²) in [6.45, 7) is 8.04. The number of hydrogen-bond acceptors (Lipinski definition) is 4. The van der Waals surface area contributed by atoms with Crippen molar-refractivity contribution >= 4 is 5.91 Å². The fraction of sp³-hybridized carbons (Fsp3) is 0.714. The molecule has 0 aromatic carbocycles. The Labute approximate surface area is 115 Å². The molecule has 1 unspecified atom stereocenters. The fourth-order valence-electron chi connectivity index (χ4n) is 1.92. The van der Waals surface area contributed by atoms with Gasteiger partial charge in [-0.05, 0) is 26.9 Å². The number of nitrogens with one attached hydrogen (secondary N) is 1. The molecular formula is C14H25N3O2. The van der Waals surface area contributed by atoms with Gasteiger partial charge in [-0.15, -0.1) is 0 Å². The molecule has 0 spiro atoms. The van der Waals surface area contributed by atoms with Gasteiger partial charge in [0.2, 0.25) is 0 Å². The average Bonchev–Trinajstić information content (AvgIpc) is 2.84. The maximum absolute atomic E-state index is 11.9. The van der Waals surface area contributed by atoms with Crippen molar-refractivity contribution in [2.45, 2.75) is 46.1 Å². The van der Waals surface area contributed by atoms with Crippen molar-refractivity contribution in [3.05, 3.63) is 17.5 Å². The average molecular weight is 267 g/mol. The first-order valence-electron chi connectivity index (χ1n) is 7.01. The van der Waals surface area contributed by atoms with Crippen LogP contribution in [0, 0.1) is 0 Å². The Morgan fingerprint density at radius 3 is 2.84 bits per heavy atom. The van der Waals surface area contributed by atoms with Crippen molar-refractivity contribution in [1.29, 1.82) is 0 Å². The number of aryl methyl sites for hydroxylation is 1. The van der Waals surface area contributed by atoms with Crippen LogP contribution in [0.4, 0.5) is 0 Å². The molecule has 1 atom stereocenters. The molecule has 5 nitrogen and oxygen atoms in total. The smallest absolute Gasteiger partial charge is 0.273 e. The van der Waals surface area contributed by atoms with E-state index in [0.29, 0.717) is 5.69 Å². The van der Waals surface area contributed by atoms with Crippen molar-refractivity contribution < 1.29 is 9.32 Å². The summed E-state index contributed by atoms with van der Waals surface area (Å²) >= 11 is 0. The summed E-state index contributed by atoms with van der Waals surface area (Å²) in [6, 6.07) is 1.79. The lowest BCUT2D eigenvalue weighted by Gasteiger charge is -2.21. The topological polar surface area (TPSA) is 58.4 Å². The van der Waals surface area contributed by atoms with Gasteiger partial charge in [-0.3, -0.25) is 4.79 Å². The SMILES string of the molecule is CCCCN(C)CC(C)NC(=O)c1cc(CC)on1. The quantitative estimate of drug-likeness (QED) is 0.783. The number of rotatable bonds is 8. The van der Waals surface area contributed by atoms with Gasteiger partial charge in [-0.25, -0.2) is 0 Å². The number of carbonyl (C=O) groups is 1. The Balaban J connectivity index is 2.38. The van der Waals surface area contributed by atoms with Crippen LogP contribution in [0.2, 0.25) is 0 Å². The van der Waals surface area contributed by atoms with E-state index in [1.54, 1.807) is 6.07 Å². The molecule has 1 N–H and O–H groups in total. The van der Waals surface area contributed by atoms with Gasteiger partial charge in [-0.1, -0.05) is 25.4 Å². The zero-order valence-electron chi connectivity index (χ0n) is 12.4. The van der Waals surface area contributed by atoms with E-state index < -0.39 is 0 Å². The van der Waals surface area contributed by atoms with E-state index in [1.165, 1.54) is 12.8 Å². The van der Waals surface area contributed by atoms with E-state index >= 15 is 0 Å². The van der Waals surface area contributed by atoms with Gasteiger partial charge in [0, 0.05) is 25.1 Å². The maximum atomic E-state index is 11.9. The molecule has 0 bridgehead atoms. The van der Waals surface area contributed by atoms with Crippen LogP contribution in [0.5, 0.6) is 0 Å². The number of carbonyl (C=O) groups excluding carboxylic acids is 1. The Morgan fingerprint density at radius 2 is 2.26 bits per heavy atom. The molecule has 1 rings (SSSR count). The highest BCUT2D eigenvalue weighted by Crippen LogP contribution is 2.04. The third-order valence-corrected chi connectivity index (χ3v) is 3.00. The van der Waals surface area contributed by atoms with E-state index in [1.807, 2.05) is 13.8 Å². The molecule has 0 saturated carbocycles. The summed E-state index contributed by atoms with van der Waals surface area (Å²) in [5.41, 5.74) is 0.361. The summed E-state index contributed by atoms with van der Waals surface area (Å²) in [5.74, 6) is 0.567. The van der Waals surface area contributed by atoms with Gasteiger partial charge in [0.25, 0.3) is 5.91 Å². The molecule has 1 aromatic rings. The molecule has 0 aliphatic carbocycles. The second kappa shape index (κ2) is 7.94. The van der Waals surface area contributed by atoms with Crippen LogP contribution in [0.1, 0.15) is 49.9 Å². The Bertz CT molecular complexity index is 390. The molecule has 1 heterocycles. The van der Waals surface area contributed by atoms with E-state index in [9.17, 15) is 4.79 Å². The molecule has 0 fully saturated rings. The van der Waals surface area contributed by atoms with E-state index in [2.05, 4.69) is 29.3 Å². The second-order valence-corrected chi connectivity index (χ2v) is 5.02. The number of amides is 1. The minimum atomic E-state index is -0.167. The number of hydrogen-bond donors (Lipinski definition) is 1. The van der Waals surface area contributed by atoms with Gasteiger partial charge in [-0.2, -0.15) is 0 Å². The van der Waals surface area contributed by atoms with Crippen LogP contribution in [0.25, 0.3) is 0 Å². The lowest BCUT2D eigenvalue weighted by atomic mass is 10.2. The third-order valence-electron chi connectivity index (χ3n) is 3.00. The normalized spacial score (nSPS) is 12.7. The van der Waals surface area contributed by atoms with Gasteiger partial charge < -0.3 is 14.7 Å². The first-order valence-corrected chi connectivity index (χ1v) is 7.01. The molecule has 19 heavy (non-hydrogen) atoms. The van der Waals surface area contributed by atoms with Crippen molar-refractivity contribution in [2.24, 2.45) is 0 Å². The molecule has 5 heteroatoms. The van der Waals surface area contributed by atoms with Gasteiger partial charge in [0.15, 0.2) is 5.69 Å². The highest BCUT2D eigenvalue weighted by molar-refractivity contribution is 5.92. The summed E-state index contributed by atoms with van der Waals surface area (Å²) in [6.07, 6.45) is 3.11. The lowest BCUT2D eigenvalue weighted by molar-refractivity contribution is 0.0923. The largest absolute Gasteiger partial charge is 0.361 e. The van der Waals surface area contributed by atoms with Crippen molar-refractivity contribution in [3.8, 4) is 0 Å². The molecule has 1 amide bonds. The molecule has 0 radical (unpaired) electrons. The van der Waals surface area contributed by atoms with Crippen molar-refractivity contribution in [3.63, 3.8) is 0 Å². The van der Waals surface area contributed by atoms with Crippen LogP contribution < -0.4 is 5.32 Å². The molecule has 0 aliphatic rings. The molecular weight excluding hydrogens is 242 g/mol. The summed E-state index contributed by atoms with van der Waals surface area (Å²) in [5, 5.41) is 6.71. The summed E-state index contributed by atoms with van der Waals surface area (Å²) in [4.78, 5) is 14.2. The van der Waals surface area contributed by atoms with Crippen LogP contribution in [-0.4, -0.2) is 42.1 Å². The zero-order valence-corrected chi connectivity index (χ0v) is 12.4. The highest BCUT2D eigenvalue weighted by atomic mass is 16.5. The maximum Gasteiger partial charge on any atom is 0.273 e. The van der Waals surface area contributed by atoms with Crippen LogP contribution in [0.15, 0.2) is 10.6 Å². The van der Waals surface area contributed by atoms with E-state index in [4.69, 9.17) is 4.52 Å². The Hall–Kier alpha value is -1.36. The predicted molar refractivity (Wildman–Crippen MR) is 75.2 cm³/mol. The van der Waals surface area contributed by atoms with E-state index in [-0.39, 0.29) is 11.9 Å². The van der Waals surface area contributed by atoms with Crippen LogP contribution in [0.3, 0.4) is 0 Å². The lowest BCUT2D eigenvalue weighted by Crippen LogP contribution is -2.41. The number of aromatic nitrogens is 1. The van der Waals surface area contributed by atoms with Gasteiger partial charge in [0.05, 0.1) is 0 Å². The van der Waals surface area contributed by atoms with E-state index in [0.717, 1.165) is 25.3 Å².